The second-order valence-electron chi connectivity index (χ2n) is 6.23. The van der Waals surface area contributed by atoms with Crippen LogP contribution < -0.4 is 15.8 Å². The number of likely N-dealkylation sites (tertiary alicyclic amines) is 1. The molecule has 0 radical (unpaired) electrons. The summed E-state index contributed by atoms with van der Waals surface area (Å²) in [7, 11) is 0. The van der Waals surface area contributed by atoms with E-state index < -0.39 is 11.9 Å². The number of benzene rings is 1. The van der Waals surface area contributed by atoms with Crippen LogP contribution >= 0.6 is 0 Å². The molecule has 1 aliphatic heterocycles. The molecule has 25 heavy (non-hydrogen) atoms. The molecule has 1 atom stereocenters. The molecule has 0 spiro atoms. The van der Waals surface area contributed by atoms with Crippen molar-refractivity contribution in [3.8, 4) is 5.75 Å². The van der Waals surface area contributed by atoms with Gasteiger partial charge in [-0.05, 0) is 43.9 Å². The molecule has 0 bridgehead atoms. The summed E-state index contributed by atoms with van der Waals surface area (Å²) >= 11 is 0. The van der Waals surface area contributed by atoms with Gasteiger partial charge in [-0.1, -0.05) is 12.1 Å². The molecule has 1 unspecified atom stereocenters. The molecule has 1 aromatic rings. The molecule has 0 saturated carbocycles. The fourth-order valence-electron chi connectivity index (χ4n) is 2.89. The SMILES string of the molecule is Cc1cccc(OCC(=O)NCCC(=O)N2CCCC2C(N)=O)c1C. The molecule has 7 nitrogen and oxygen atoms in total. The van der Waals surface area contributed by atoms with E-state index in [1.165, 1.54) is 4.90 Å². The first kappa shape index (κ1) is 18.8. The Hall–Kier alpha value is -2.57. The number of carbonyl (C=O) groups excluding carboxylic acids is 3. The molecule has 2 rings (SSSR count). The monoisotopic (exact) mass is 347 g/mol. The Bertz CT molecular complexity index is 660. The van der Waals surface area contributed by atoms with E-state index in [0.717, 1.165) is 17.5 Å². The molecular formula is C18H25N3O4. The van der Waals surface area contributed by atoms with Crippen LogP contribution in [0, 0.1) is 13.8 Å². The molecule has 1 fully saturated rings. The van der Waals surface area contributed by atoms with Crippen molar-refractivity contribution in [2.24, 2.45) is 5.73 Å². The van der Waals surface area contributed by atoms with Crippen molar-refractivity contribution in [3.05, 3.63) is 29.3 Å². The summed E-state index contributed by atoms with van der Waals surface area (Å²) in [6.07, 6.45) is 1.52. The van der Waals surface area contributed by atoms with Crippen LogP contribution in [-0.4, -0.2) is 48.4 Å². The highest BCUT2D eigenvalue weighted by Crippen LogP contribution is 2.20. The molecule has 136 valence electrons. The second-order valence-corrected chi connectivity index (χ2v) is 6.23. The van der Waals surface area contributed by atoms with E-state index in [4.69, 9.17) is 10.5 Å². The first-order chi connectivity index (χ1) is 11.9. The van der Waals surface area contributed by atoms with Gasteiger partial charge in [0.05, 0.1) is 0 Å². The predicted octanol–water partition coefficient (Wildman–Crippen LogP) is 0.665. The van der Waals surface area contributed by atoms with Gasteiger partial charge in [0.25, 0.3) is 5.91 Å². The van der Waals surface area contributed by atoms with Crippen LogP contribution in [-0.2, 0) is 14.4 Å². The third kappa shape index (κ3) is 4.95. The highest BCUT2D eigenvalue weighted by atomic mass is 16.5. The van der Waals surface area contributed by atoms with Crippen LogP contribution in [0.15, 0.2) is 18.2 Å². The van der Waals surface area contributed by atoms with Crippen LogP contribution in [0.3, 0.4) is 0 Å². The zero-order valence-electron chi connectivity index (χ0n) is 14.7. The summed E-state index contributed by atoms with van der Waals surface area (Å²) in [6, 6.07) is 5.15. The lowest BCUT2D eigenvalue weighted by molar-refractivity contribution is -0.137. The lowest BCUT2D eigenvalue weighted by Gasteiger charge is -2.22. The lowest BCUT2D eigenvalue weighted by Crippen LogP contribution is -2.44. The number of primary amides is 1. The highest BCUT2D eigenvalue weighted by Gasteiger charge is 2.32. The lowest BCUT2D eigenvalue weighted by atomic mass is 10.1. The van der Waals surface area contributed by atoms with Crippen LogP contribution in [0.4, 0.5) is 0 Å². The number of amides is 3. The first-order valence-electron chi connectivity index (χ1n) is 8.44. The number of nitrogens with one attached hydrogen (secondary N) is 1. The molecular weight excluding hydrogens is 322 g/mol. The summed E-state index contributed by atoms with van der Waals surface area (Å²) in [5.74, 6) is -0.261. The van der Waals surface area contributed by atoms with Crippen molar-refractivity contribution in [3.63, 3.8) is 0 Å². The van der Waals surface area contributed by atoms with E-state index in [1.807, 2.05) is 32.0 Å². The van der Waals surface area contributed by atoms with Gasteiger partial charge in [-0.25, -0.2) is 0 Å². The van der Waals surface area contributed by atoms with Crippen molar-refractivity contribution < 1.29 is 19.1 Å². The van der Waals surface area contributed by atoms with Crippen molar-refractivity contribution >= 4 is 17.7 Å². The minimum atomic E-state index is -0.518. The average molecular weight is 347 g/mol. The van der Waals surface area contributed by atoms with Gasteiger partial charge >= 0.3 is 0 Å². The van der Waals surface area contributed by atoms with Crippen LogP contribution in [0.2, 0.25) is 0 Å². The quantitative estimate of drug-likeness (QED) is 0.756. The number of aryl methyl sites for hydroxylation is 1. The number of hydrogen-bond acceptors (Lipinski definition) is 4. The van der Waals surface area contributed by atoms with Gasteiger partial charge in [-0.3, -0.25) is 14.4 Å². The molecule has 0 aromatic heterocycles. The van der Waals surface area contributed by atoms with E-state index in [9.17, 15) is 14.4 Å². The maximum Gasteiger partial charge on any atom is 0.257 e. The smallest absolute Gasteiger partial charge is 0.257 e. The number of carbonyl (C=O) groups is 3. The Balaban J connectivity index is 1.72. The average Bonchev–Trinajstić information content (AvgIpc) is 3.06. The highest BCUT2D eigenvalue weighted by molar-refractivity contribution is 5.87. The Morgan fingerprint density at radius 3 is 2.80 bits per heavy atom. The third-order valence-corrected chi connectivity index (χ3v) is 4.48. The van der Waals surface area contributed by atoms with Gasteiger partial charge in [0.15, 0.2) is 6.61 Å². The Morgan fingerprint density at radius 1 is 1.32 bits per heavy atom. The third-order valence-electron chi connectivity index (χ3n) is 4.48. The zero-order valence-corrected chi connectivity index (χ0v) is 14.7. The summed E-state index contributed by atoms with van der Waals surface area (Å²) in [5.41, 5.74) is 7.39. The van der Waals surface area contributed by atoms with Gasteiger partial charge in [0, 0.05) is 19.5 Å². The number of hydrogen-bond donors (Lipinski definition) is 2. The molecule has 1 saturated heterocycles. The van der Waals surface area contributed by atoms with E-state index >= 15 is 0 Å². The Labute approximate surface area is 147 Å². The molecule has 3 amide bonds. The molecule has 0 aliphatic carbocycles. The van der Waals surface area contributed by atoms with Gasteiger partial charge in [-0.2, -0.15) is 0 Å². The van der Waals surface area contributed by atoms with Crippen LogP contribution in [0.5, 0.6) is 5.75 Å². The maximum absolute atomic E-state index is 12.1. The van der Waals surface area contributed by atoms with Gasteiger partial charge in [0.2, 0.25) is 11.8 Å². The van der Waals surface area contributed by atoms with Gasteiger partial charge in [-0.15, -0.1) is 0 Å². The van der Waals surface area contributed by atoms with Crippen molar-refractivity contribution in [2.75, 3.05) is 19.7 Å². The molecule has 1 heterocycles. The Kier molecular flexibility index (Phi) is 6.38. The van der Waals surface area contributed by atoms with Gasteiger partial charge in [0.1, 0.15) is 11.8 Å². The summed E-state index contributed by atoms with van der Waals surface area (Å²) in [4.78, 5) is 36.8. The van der Waals surface area contributed by atoms with Crippen molar-refractivity contribution in [1.82, 2.24) is 10.2 Å². The number of ether oxygens (including phenoxy) is 1. The summed E-state index contributed by atoms with van der Waals surface area (Å²) in [6.45, 7) is 4.55. The number of nitrogens with zero attached hydrogens (tertiary/aromatic N) is 1. The van der Waals surface area contributed by atoms with Crippen LogP contribution in [0.1, 0.15) is 30.4 Å². The molecule has 1 aliphatic rings. The second kappa shape index (κ2) is 8.50. The molecule has 3 N–H and O–H groups in total. The van der Waals surface area contributed by atoms with Gasteiger partial charge < -0.3 is 20.7 Å². The van der Waals surface area contributed by atoms with E-state index in [2.05, 4.69) is 5.32 Å². The topological polar surface area (TPSA) is 102 Å². The zero-order chi connectivity index (χ0) is 18.4. The van der Waals surface area contributed by atoms with E-state index in [-0.39, 0.29) is 31.4 Å². The minimum Gasteiger partial charge on any atom is -0.483 e. The Morgan fingerprint density at radius 2 is 2.08 bits per heavy atom. The molecule has 7 heteroatoms. The van der Waals surface area contributed by atoms with Crippen molar-refractivity contribution in [1.29, 1.82) is 0 Å². The number of rotatable bonds is 7. The normalized spacial score (nSPS) is 16.6. The maximum atomic E-state index is 12.1. The van der Waals surface area contributed by atoms with E-state index in [0.29, 0.717) is 18.7 Å². The minimum absolute atomic E-state index is 0.105. The summed E-state index contributed by atoms with van der Waals surface area (Å²) in [5, 5.41) is 2.66. The first-order valence-corrected chi connectivity index (χ1v) is 8.44. The largest absolute Gasteiger partial charge is 0.483 e. The van der Waals surface area contributed by atoms with E-state index in [1.54, 1.807) is 0 Å². The number of nitrogens with two attached hydrogens (primary N) is 1. The molecule has 1 aromatic carbocycles. The fraction of sp³-hybridized carbons (Fsp3) is 0.500. The van der Waals surface area contributed by atoms with Crippen LogP contribution in [0.25, 0.3) is 0 Å². The summed E-state index contributed by atoms with van der Waals surface area (Å²) < 4.78 is 5.52. The van der Waals surface area contributed by atoms with Crippen molar-refractivity contribution in [2.45, 2.75) is 39.2 Å². The standard InChI is InChI=1S/C18H25N3O4/c1-12-5-3-7-15(13(12)2)25-11-16(22)20-9-8-17(23)21-10-4-6-14(21)18(19)24/h3,5,7,14H,4,6,8-11H2,1-2H3,(H2,19,24)(H,20,22). The predicted molar refractivity (Wildman–Crippen MR) is 93.0 cm³/mol. The fourth-order valence-corrected chi connectivity index (χ4v) is 2.89.